The number of thioether (sulfide) groups is 1. The summed E-state index contributed by atoms with van der Waals surface area (Å²) >= 11 is 1.77. The van der Waals surface area contributed by atoms with E-state index < -0.39 is 0 Å². The lowest BCUT2D eigenvalue weighted by Gasteiger charge is -2.14. The number of hydrogen-bond acceptors (Lipinski definition) is 4. The number of hydrogen-bond donors (Lipinski definition) is 2. The van der Waals surface area contributed by atoms with Crippen LogP contribution in [0.4, 0.5) is 0 Å². The zero-order valence-electron chi connectivity index (χ0n) is 15.3. The van der Waals surface area contributed by atoms with Gasteiger partial charge in [-0.15, -0.1) is 11.8 Å². The van der Waals surface area contributed by atoms with Gasteiger partial charge in [-0.25, -0.2) is 9.98 Å². The van der Waals surface area contributed by atoms with Gasteiger partial charge >= 0.3 is 0 Å². The molecule has 6 heteroatoms. The minimum Gasteiger partial charge on any atom is -0.481 e. The second-order valence-corrected chi connectivity index (χ2v) is 6.42. The van der Waals surface area contributed by atoms with Crippen LogP contribution in [-0.2, 0) is 13.1 Å². The highest BCUT2D eigenvalue weighted by Gasteiger charge is 2.04. The molecule has 2 N–H and O–H groups in total. The molecule has 0 fully saturated rings. The Morgan fingerprint density at radius 1 is 1.24 bits per heavy atom. The number of nitrogens with one attached hydrogen (secondary N) is 2. The first-order valence-electron chi connectivity index (χ1n) is 8.31. The number of rotatable bonds is 7. The maximum atomic E-state index is 5.16. The highest BCUT2D eigenvalue weighted by Crippen LogP contribution is 2.21. The van der Waals surface area contributed by atoms with Crippen LogP contribution in [0.15, 0.2) is 46.4 Å². The average molecular weight is 359 g/mol. The van der Waals surface area contributed by atoms with E-state index in [0.717, 1.165) is 24.6 Å². The predicted octanol–water partition coefficient (Wildman–Crippen LogP) is 3.38. The molecule has 0 bridgehead atoms. The Morgan fingerprint density at radius 2 is 2.08 bits per heavy atom. The van der Waals surface area contributed by atoms with Gasteiger partial charge in [-0.3, -0.25) is 0 Å². The maximum absolute atomic E-state index is 5.16. The molecule has 25 heavy (non-hydrogen) atoms. The van der Waals surface area contributed by atoms with Crippen LogP contribution in [0.2, 0.25) is 0 Å². The van der Waals surface area contributed by atoms with Crippen LogP contribution >= 0.6 is 11.8 Å². The van der Waals surface area contributed by atoms with Gasteiger partial charge in [-0.1, -0.05) is 12.1 Å². The molecular weight excluding hydrogens is 332 g/mol. The van der Waals surface area contributed by atoms with E-state index in [4.69, 9.17) is 4.74 Å². The van der Waals surface area contributed by atoms with E-state index in [1.807, 2.05) is 12.1 Å². The molecule has 1 heterocycles. The van der Waals surface area contributed by atoms with Gasteiger partial charge in [0.15, 0.2) is 5.96 Å². The van der Waals surface area contributed by atoms with Crippen molar-refractivity contribution in [3.8, 4) is 5.88 Å². The quantitative estimate of drug-likeness (QED) is 0.451. The predicted molar refractivity (Wildman–Crippen MR) is 105 cm³/mol. The number of ether oxygens (including phenoxy) is 1. The third-order valence-electron chi connectivity index (χ3n) is 3.66. The maximum Gasteiger partial charge on any atom is 0.213 e. The minimum atomic E-state index is 0.567. The van der Waals surface area contributed by atoms with E-state index in [1.54, 1.807) is 25.1 Å². The third-order valence-corrected chi connectivity index (χ3v) is 4.48. The number of nitrogens with zero attached hydrogens (tertiary/aromatic N) is 2. The van der Waals surface area contributed by atoms with E-state index in [9.17, 15) is 0 Å². The Kier molecular flexibility index (Phi) is 7.60. The van der Waals surface area contributed by atoms with Gasteiger partial charge in [0.1, 0.15) is 0 Å². The Bertz CT molecular complexity index is 718. The van der Waals surface area contributed by atoms with E-state index >= 15 is 0 Å². The molecule has 5 nitrogen and oxygen atoms in total. The van der Waals surface area contributed by atoms with Crippen molar-refractivity contribution in [1.29, 1.82) is 0 Å². The molecule has 1 aromatic heterocycles. The van der Waals surface area contributed by atoms with Crippen molar-refractivity contribution in [3.63, 3.8) is 0 Å². The molecule has 0 radical (unpaired) electrons. The second-order valence-electron chi connectivity index (χ2n) is 5.57. The van der Waals surface area contributed by atoms with Gasteiger partial charge in [0.2, 0.25) is 5.88 Å². The lowest BCUT2D eigenvalue weighted by molar-refractivity contribution is 0.397. The fourth-order valence-electron chi connectivity index (χ4n) is 2.35. The summed E-state index contributed by atoms with van der Waals surface area (Å²) in [5.74, 6) is 1.40. The number of methoxy groups -OCH3 is 1. The molecule has 0 atom stereocenters. The average Bonchev–Trinajstić information content (AvgIpc) is 2.64. The van der Waals surface area contributed by atoms with E-state index in [-0.39, 0.29) is 0 Å². The van der Waals surface area contributed by atoms with Crippen LogP contribution in [0, 0.1) is 6.92 Å². The molecule has 0 unspecified atom stereocenters. The number of guanidine groups is 1. The molecule has 1 aromatic carbocycles. The molecule has 0 saturated heterocycles. The van der Waals surface area contributed by atoms with E-state index in [1.165, 1.54) is 16.0 Å². The molecule has 134 valence electrons. The van der Waals surface area contributed by atoms with Crippen molar-refractivity contribution in [3.05, 3.63) is 53.2 Å². The Labute approximate surface area is 154 Å². The summed E-state index contributed by atoms with van der Waals surface area (Å²) in [4.78, 5) is 10.1. The first kappa shape index (κ1) is 19.1. The van der Waals surface area contributed by atoms with Gasteiger partial charge in [0.05, 0.1) is 13.7 Å². The number of aliphatic imine (C=N–C) groups is 1. The monoisotopic (exact) mass is 358 g/mol. The fraction of sp³-hybridized carbons (Fsp3) is 0.368. The molecule has 2 rings (SSSR count). The van der Waals surface area contributed by atoms with Crippen molar-refractivity contribution in [1.82, 2.24) is 15.6 Å². The fourth-order valence-corrected chi connectivity index (χ4v) is 3.06. The molecule has 0 saturated carbocycles. The summed E-state index contributed by atoms with van der Waals surface area (Å²) in [5.41, 5.74) is 3.61. The zero-order chi connectivity index (χ0) is 18.1. The van der Waals surface area contributed by atoms with Crippen molar-refractivity contribution < 1.29 is 4.74 Å². The normalized spacial score (nSPS) is 11.3. The van der Waals surface area contributed by atoms with Gasteiger partial charge in [0, 0.05) is 30.2 Å². The van der Waals surface area contributed by atoms with E-state index in [2.05, 4.69) is 58.9 Å². The highest BCUT2D eigenvalue weighted by molar-refractivity contribution is 7.98. The molecule has 0 aliphatic carbocycles. The molecule has 2 aromatic rings. The van der Waals surface area contributed by atoms with Gasteiger partial charge < -0.3 is 15.4 Å². The first-order valence-corrected chi connectivity index (χ1v) is 9.53. The van der Waals surface area contributed by atoms with E-state index in [0.29, 0.717) is 12.4 Å². The third kappa shape index (κ3) is 5.98. The number of aryl methyl sites for hydroxylation is 1. The zero-order valence-corrected chi connectivity index (χ0v) is 16.1. The van der Waals surface area contributed by atoms with Crippen LogP contribution in [0.1, 0.15) is 23.6 Å². The lowest BCUT2D eigenvalue weighted by Crippen LogP contribution is -2.36. The second kappa shape index (κ2) is 9.93. The van der Waals surface area contributed by atoms with Crippen LogP contribution < -0.4 is 15.4 Å². The van der Waals surface area contributed by atoms with Crippen molar-refractivity contribution in [2.75, 3.05) is 19.9 Å². The number of benzene rings is 1. The van der Waals surface area contributed by atoms with Crippen molar-refractivity contribution in [2.45, 2.75) is 31.8 Å². The van der Waals surface area contributed by atoms with Crippen molar-refractivity contribution in [2.24, 2.45) is 4.99 Å². The van der Waals surface area contributed by atoms with Crippen LogP contribution in [0.3, 0.4) is 0 Å². The smallest absolute Gasteiger partial charge is 0.213 e. The molecular formula is C19H26N4OS. The summed E-state index contributed by atoms with van der Waals surface area (Å²) in [5, 5.41) is 6.69. The van der Waals surface area contributed by atoms with Crippen molar-refractivity contribution >= 4 is 17.7 Å². The number of pyridine rings is 1. The minimum absolute atomic E-state index is 0.567. The van der Waals surface area contributed by atoms with Gasteiger partial charge in [-0.05, 0) is 48.9 Å². The SMILES string of the molecule is CCNC(=NCc1ccnc(OC)c1)NCc1ccc(C)cc1SC. The Morgan fingerprint density at radius 3 is 2.80 bits per heavy atom. The molecule has 0 spiro atoms. The molecule has 0 amide bonds. The number of aromatic nitrogens is 1. The van der Waals surface area contributed by atoms with Gasteiger partial charge in [-0.2, -0.15) is 0 Å². The molecule has 0 aliphatic rings. The van der Waals surface area contributed by atoms with Crippen LogP contribution in [0.5, 0.6) is 5.88 Å². The summed E-state index contributed by atoms with van der Waals surface area (Å²) in [6.45, 7) is 6.30. The lowest BCUT2D eigenvalue weighted by atomic mass is 10.1. The molecule has 0 aliphatic heterocycles. The summed E-state index contributed by atoms with van der Waals surface area (Å²) in [6, 6.07) is 10.4. The summed E-state index contributed by atoms with van der Waals surface area (Å²) < 4.78 is 5.16. The topological polar surface area (TPSA) is 58.5 Å². The standard InChI is InChI=1S/C19H26N4OS/c1-5-20-19(22-12-15-8-9-21-18(11-15)24-3)23-13-16-7-6-14(2)10-17(16)25-4/h6-11H,5,12-13H2,1-4H3,(H2,20,22,23). The Balaban J connectivity index is 2.04. The summed E-state index contributed by atoms with van der Waals surface area (Å²) in [6.07, 6.45) is 3.84. The first-order chi connectivity index (χ1) is 12.2. The van der Waals surface area contributed by atoms with Crippen LogP contribution in [0.25, 0.3) is 0 Å². The van der Waals surface area contributed by atoms with Gasteiger partial charge in [0.25, 0.3) is 0 Å². The Hall–Kier alpha value is -2.21. The largest absolute Gasteiger partial charge is 0.481 e. The highest BCUT2D eigenvalue weighted by atomic mass is 32.2. The summed E-state index contributed by atoms with van der Waals surface area (Å²) in [7, 11) is 1.62. The van der Waals surface area contributed by atoms with Crippen LogP contribution in [-0.4, -0.2) is 30.9 Å².